The number of nitriles is 1. The first kappa shape index (κ1) is 11.6. The normalized spacial score (nSPS) is 9.94. The van der Waals surface area contributed by atoms with Gasteiger partial charge in [-0.3, -0.25) is 0 Å². The Morgan fingerprint density at radius 3 is 2.88 bits per heavy atom. The molecule has 0 amide bonds. The maximum atomic E-state index is 9.09. The van der Waals surface area contributed by atoms with E-state index in [0.717, 1.165) is 10.6 Å². The lowest BCUT2D eigenvalue weighted by atomic mass is 10.1. The molecule has 0 fully saturated rings. The second-order valence-corrected chi connectivity index (χ2v) is 4.39. The third-order valence-electron chi connectivity index (χ3n) is 2.31. The second kappa shape index (κ2) is 4.95. The summed E-state index contributed by atoms with van der Waals surface area (Å²) in [6.45, 7) is 0.342. The van der Waals surface area contributed by atoms with Gasteiger partial charge in [-0.15, -0.1) is 11.3 Å². The maximum absolute atomic E-state index is 9.09. The lowest BCUT2D eigenvalue weighted by Gasteiger charge is -2.05. The van der Waals surface area contributed by atoms with Crippen LogP contribution in [-0.2, 0) is 6.54 Å². The minimum Gasteiger partial charge on any atom is -0.496 e. The van der Waals surface area contributed by atoms with Gasteiger partial charge in [-0.2, -0.15) is 5.26 Å². The van der Waals surface area contributed by atoms with Crippen LogP contribution in [0.5, 0.6) is 5.75 Å². The summed E-state index contributed by atoms with van der Waals surface area (Å²) in [6.07, 6.45) is 0. The van der Waals surface area contributed by atoms with E-state index in [9.17, 15) is 0 Å². The van der Waals surface area contributed by atoms with Crippen LogP contribution in [-0.4, -0.2) is 12.1 Å². The molecule has 0 aliphatic heterocycles. The highest BCUT2D eigenvalue weighted by Crippen LogP contribution is 2.33. The predicted molar refractivity (Wildman–Crippen MR) is 66.7 cm³/mol. The monoisotopic (exact) mass is 245 g/mol. The molecule has 0 saturated carbocycles. The molecule has 2 rings (SSSR count). The van der Waals surface area contributed by atoms with Gasteiger partial charge in [-0.05, 0) is 12.1 Å². The number of rotatable bonds is 3. The summed E-state index contributed by atoms with van der Waals surface area (Å²) in [7, 11) is 1.60. The van der Waals surface area contributed by atoms with Gasteiger partial charge in [0.15, 0.2) is 0 Å². The Morgan fingerprint density at radius 1 is 1.47 bits per heavy atom. The maximum Gasteiger partial charge on any atom is 0.133 e. The lowest BCUT2D eigenvalue weighted by Crippen LogP contribution is -1.95. The van der Waals surface area contributed by atoms with E-state index in [4.69, 9.17) is 15.7 Å². The van der Waals surface area contributed by atoms with Crippen LogP contribution >= 0.6 is 11.3 Å². The number of methoxy groups -OCH3 is 1. The van der Waals surface area contributed by atoms with Gasteiger partial charge in [0.05, 0.1) is 7.11 Å². The zero-order chi connectivity index (χ0) is 12.3. The Hall–Kier alpha value is -1.90. The summed E-state index contributed by atoms with van der Waals surface area (Å²) in [4.78, 5) is 4.93. The van der Waals surface area contributed by atoms with Crippen molar-refractivity contribution < 1.29 is 4.74 Å². The summed E-state index contributed by atoms with van der Waals surface area (Å²) in [5, 5.41) is 9.84. The summed E-state index contributed by atoms with van der Waals surface area (Å²) in [5.41, 5.74) is 7.01. The first-order chi connectivity index (χ1) is 8.30. The minimum atomic E-state index is 0.342. The molecule has 86 valence electrons. The average molecular weight is 245 g/mol. The van der Waals surface area contributed by atoms with E-state index in [1.54, 1.807) is 7.11 Å². The van der Waals surface area contributed by atoms with Crippen molar-refractivity contribution in [2.75, 3.05) is 7.11 Å². The number of aromatic nitrogens is 1. The SMILES string of the molecule is COc1ccccc1-c1nc(CN)sc1C#N. The highest BCUT2D eigenvalue weighted by Gasteiger charge is 2.15. The molecule has 1 aromatic carbocycles. The minimum absolute atomic E-state index is 0.342. The smallest absolute Gasteiger partial charge is 0.133 e. The van der Waals surface area contributed by atoms with Crippen molar-refractivity contribution in [2.45, 2.75) is 6.54 Å². The highest BCUT2D eigenvalue weighted by molar-refractivity contribution is 7.12. The Bertz CT molecular complexity index is 571. The molecule has 0 radical (unpaired) electrons. The van der Waals surface area contributed by atoms with Crippen molar-refractivity contribution in [1.29, 1.82) is 5.26 Å². The molecule has 2 N–H and O–H groups in total. The summed E-state index contributed by atoms with van der Waals surface area (Å²) < 4.78 is 5.27. The van der Waals surface area contributed by atoms with Gasteiger partial charge in [0.2, 0.25) is 0 Å². The Balaban J connectivity index is 2.60. The zero-order valence-electron chi connectivity index (χ0n) is 9.30. The van der Waals surface area contributed by atoms with Crippen LogP contribution in [0.3, 0.4) is 0 Å². The Labute approximate surface area is 103 Å². The van der Waals surface area contributed by atoms with Gasteiger partial charge < -0.3 is 10.5 Å². The quantitative estimate of drug-likeness (QED) is 0.899. The summed E-state index contributed by atoms with van der Waals surface area (Å²) in [5.74, 6) is 0.706. The Morgan fingerprint density at radius 2 is 2.24 bits per heavy atom. The Kier molecular flexibility index (Phi) is 3.38. The number of para-hydroxylation sites is 1. The molecule has 0 aliphatic rings. The first-order valence-electron chi connectivity index (χ1n) is 5.03. The van der Waals surface area contributed by atoms with Crippen molar-refractivity contribution in [3.63, 3.8) is 0 Å². The highest BCUT2D eigenvalue weighted by atomic mass is 32.1. The van der Waals surface area contributed by atoms with Crippen LogP contribution in [0.1, 0.15) is 9.88 Å². The van der Waals surface area contributed by atoms with Gasteiger partial charge in [0.25, 0.3) is 0 Å². The molecule has 1 aromatic heterocycles. The van der Waals surface area contributed by atoms with Crippen molar-refractivity contribution >= 4 is 11.3 Å². The van der Waals surface area contributed by atoms with Gasteiger partial charge >= 0.3 is 0 Å². The fourth-order valence-electron chi connectivity index (χ4n) is 1.55. The van der Waals surface area contributed by atoms with Gasteiger partial charge in [0.1, 0.15) is 27.4 Å². The number of hydrogen-bond acceptors (Lipinski definition) is 5. The van der Waals surface area contributed by atoms with Crippen molar-refractivity contribution in [2.24, 2.45) is 5.73 Å². The van der Waals surface area contributed by atoms with Crippen molar-refractivity contribution in [3.8, 4) is 23.1 Å². The number of benzene rings is 1. The molecule has 1 heterocycles. The molecular formula is C12H11N3OS. The van der Waals surface area contributed by atoms with Crippen LogP contribution in [0, 0.1) is 11.3 Å². The number of ether oxygens (including phenoxy) is 1. The number of nitrogens with zero attached hydrogens (tertiary/aromatic N) is 2. The van der Waals surface area contributed by atoms with Crippen LogP contribution in [0.25, 0.3) is 11.3 Å². The van der Waals surface area contributed by atoms with Crippen LogP contribution in [0.2, 0.25) is 0 Å². The molecule has 0 bridgehead atoms. The molecule has 0 aliphatic carbocycles. The molecule has 4 nitrogen and oxygen atoms in total. The van der Waals surface area contributed by atoms with E-state index >= 15 is 0 Å². The molecule has 17 heavy (non-hydrogen) atoms. The largest absolute Gasteiger partial charge is 0.496 e. The van der Waals surface area contributed by atoms with E-state index in [2.05, 4.69) is 11.1 Å². The van der Waals surface area contributed by atoms with Gasteiger partial charge in [-0.25, -0.2) is 4.98 Å². The van der Waals surface area contributed by atoms with Gasteiger partial charge in [0, 0.05) is 12.1 Å². The third-order valence-corrected chi connectivity index (χ3v) is 3.29. The van der Waals surface area contributed by atoms with Crippen molar-refractivity contribution in [1.82, 2.24) is 4.98 Å². The molecule has 5 heteroatoms. The van der Waals surface area contributed by atoms with E-state index in [-0.39, 0.29) is 0 Å². The van der Waals surface area contributed by atoms with E-state index < -0.39 is 0 Å². The average Bonchev–Trinajstić information content (AvgIpc) is 2.81. The lowest BCUT2D eigenvalue weighted by molar-refractivity contribution is 0.416. The molecule has 0 unspecified atom stereocenters. The molecular weight excluding hydrogens is 234 g/mol. The predicted octanol–water partition coefficient (Wildman–Crippen LogP) is 2.15. The molecule has 0 atom stereocenters. The first-order valence-corrected chi connectivity index (χ1v) is 5.85. The van der Waals surface area contributed by atoms with E-state index in [1.165, 1.54) is 11.3 Å². The fourth-order valence-corrected chi connectivity index (χ4v) is 2.30. The van der Waals surface area contributed by atoms with Crippen LogP contribution in [0.15, 0.2) is 24.3 Å². The summed E-state index contributed by atoms with van der Waals surface area (Å²) in [6, 6.07) is 9.64. The fraction of sp³-hybridized carbons (Fsp3) is 0.167. The zero-order valence-corrected chi connectivity index (χ0v) is 10.1. The van der Waals surface area contributed by atoms with Crippen LogP contribution < -0.4 is 10.5 Å². The van der Waals surface area contributed by atoms with Crippen molar-refractivity contribution in [3.05, 3.63) is 34.2 Å². The number of thiazole rings is 1. The van der Waals surface area contributed by atoms with Crippen LogP contribution in [0.4, 0.5) is 0 Å². The third kappa shape index (κ3) is 2.13. The molecule has 2 aromatic rings. The number of nitrogens with two attached hydrogens (primary N) is 1. The standard InChI is InChI=1S/C12H11N3OS/c1-16-9-5-3-2-4-8(9)12-10(6-13)17-11(7-14)15-12/h2-5H,7,14H2,1H3. The molecule has 0 saturated heterocycles. The van der Waals surface area contributed by atoms with E-state index in [1.807, 2.05) is 24.3 Å². The summed E-state index contributed by atoms with van der Waals surface area (Å²) >= 11 is 1.32. The second-order valence-electron chi connectivity index (χ2n) is 3.30. The van der Waals surface area contributed by atoms with Gasteiger partial charge in [-0.1, -0.05) is 12.1 Å². The topological polar surface area (TPSA) is 71.9 Å². The molecule has 0 spiro atoms. The van der Waals surface area contributed by atoms with E-state index in [0.29, 0.717) is 22.9 Å². The number of hydrogen-bond donors (Lipinski definition) is 1.